The molecule has 0 saturated carbocycles. The van der Waals surface area contributed by atoms with Gasteiger partial charge >= 0.3 is 6.18 Å². The number of hydrogen-bond acceptors (Lipinski definition) is 4. The Hall–Kier alpha value is -2.00. The number of aromatic nitrogens is 4. The smallest absolute Gasteiger partial charge is 0.363 e. The second-order valence-electron chi connectivity index (χ2n) is 3.28. The summed E-state index contributed by atoms with van der Waals surface area (Å²) in [5.74, 6) is -1.42. The Bertz CT molecular complexity index is 548. The van der Waals surface area contributed by atoms with Crippen molar-refractivity contribution in [2.45, 2.75) is 12.6 Å². The first-order chi connectivity index (χ1) is 8.38. The highest BCUT2D eigenvalue weighted by Gasteiger charge is 2.37. The summed E-state index contributed by atoms with van der Waals surface area (Å²) in [6, 6.07) is 2.44. The Morgan fingerprint density at radius 3 is 2.56 bits per heavy atom. The summed E-state index contributed by atoms with van der Waals surface area (Å²) in [6.45, 7) is -0.706. The molecule has 0 atom stereocenters. The summed E-state index contributed by atoms with van der Waals surface area (Å²) < 4.78 is 61.8. The molecular weight excluding hydrogens is 261 g/mol. The van der Waals surface area contributed by atoms with Gasteiger partial charge in [-0.15, -0.1) is 15.3 Å². The fourth-order valence-electron chi connectivity index (χ4n) is 1.24. The first-order valence-corrected chi connectivity index (χ1v) is 4.69. The lowest BCUT2D eigenvalue weighted by molar-refractivity contribution is -0.146. The normalized spacial score (nSPS) is 12.3. The van der Waals surface area contributed by atoms with Crippen LogP contribution < -0.4 is 5.32 Å². The second kappa shape index (κ2) is 4.35. The molecule has 10 heteroatoms. The van der Waals surface area contributed by atoms with Crippen LogP contribution in [0.4, 0.5) is 27.8 Å². The molecule has 0 radical (unpaired) electrons. The molecule has 98 valence electrons. The zero-order chi connectivity index (χ0) is 13.3. The molecule has 0 aliphatic heterocycles. The molecule has 0 aliphatic rings. The van der Waals surface area contributed by atoms with Gasteiger partial charge < -0.3 is 5.32 Å². The van der Waals surface area contributed by atoms with E-state index in [0.29, 0.717) is 4.52 Å². The third-order valence-corrected chi connectivity index (χ3v) is 1.95. The maximum absolute atomic E-state index is 12.5. The highest BCUT2D eigenvalue weighted by atomic mass is 19.4. The van der Waals surface area contributed by atoms with Crippen LogP contribution in [0.3, 0.4) is 0 Å². The monoisotopic (exact) mass is 267 g/mol. The van der Waals surface area contributed by atoms with Gasteiger partial charge in [-0.1, -0.05) is 0 Å². The zero-order valence-corrected chi connectivity index (χ0v) is 8.62. The number of rotatable bonds is 3. The van der Waals surface area contributed by atoms with Crippen molar-refractivity contribution in [3.8, 4) is 0 Å². The van der Waals surface area contributed by atoms with Gasteiger partial charge in [0.25, 0.3) is 12.2 Å². The van der Waals surface area contributed by atoms with Crippen molar-refractivity contribution in [2.75, 3.05) is 11.9 Å². The molecule has 0 aromatic carbocycles. The summed E-state index contributed by atoms with van der Waals surface area (Å²) in [5, 5.41) is 11.9. The van der Waals surface area contributed by atoms with E-state index in [-0.39, 0.29) is 11.5 Å². The number of hydrogen-bond donors (Lipinski definition) is 1. The van der Waals surface area contributed by atoms with Crippen LogP contribution in [0.25, 0.3) is 5.65 Å². The van der Waals surface area contributed by atoms with E-state index in [1.807, 2.05) is 0 Å². The maximum Gasteiger partial charge on any atom is 0.453 e. The molecule has 18 heavy (non-hydrogen) atoms. The van der Waals surface area contributed by atoms with Gasteiger partial charge in [0.2, 0.25) is 0 Å². The highest BCUT2D eigenvalue weighted by molar-refractivity contribution is 5.44. The lowest BCUT2D eigenvalue weighted by atomic mass is 10.5. The Balaban J connectivity index is 2.36. The van der Waals surface area contributed by atoms with E-state index in [4.69, 9.17) is 0 Å². The van der Waals surface area contributed by atoms with Gasteiger partial charge in [0, 0.05) is 0 Å². The molecular formula is C8H6F5N5. The third-order valence-electron chi connectivity index (χ3n) is 1.95. The summed E-state index contributed by atoms with van der Waals surface area (Å²) in [4.78, 5) is 0. The first-order valence-electron chi connectivity index (χ1n) is 4.69. The molecule has 0 aliphatic carbocycles. The molecule has 2 aromatic rings. The molecule has 0 amide bonds. The van der Waals surface area contributed by atoms with E-state index >= 15 is 0 Å². The van der Waals surface area contributed by atoms with Crippen molar-refractivity contribution in [3.05, 3.63) is 18.0 Å². The van der Waals surface area contributed by atoms with E-state index in [1.54, 1.807) is 0 Å². The molecule has 0 fully saturated rings. The van der Waals surface area contributed by atoms with Crippen LogP contribution >= 0.6 is 0 Å². The van der Waals surface area contributed by atoms with E-state index in [1.165, 1.54) is 12.1 Å². The van der Waals surface area contributed by atoms with E-state index in [9.17, 15) is 22.0 Å². The summed E-state index contributed by atoms with van der Waals surface area (Å²) in [5.41, 5.74) is -0.120. The molecule has 0 saturated heterocycles. The van der Waals surface area contributed by atoms with Gasteiger partial charge in [0.15, 0.2) is 5.65 Å². The summed E-state index contributed by atoms with van der Waals surface area (Å²) in [7, 11) is 0. The average Bonchev–Trinajstić information content (AvgIpc) is 2.68. The van der Waals surface area contributed by atoms with Crippen molar-refractivity contribution in [1.29, 1.82) is 0 Å². The molecule has 2 aromatic heterocycles. The Morgan fingerprint density at radius 1 is 1.22 bits per heavy atom. The van der Waals surface area contributed by atoms with Crippen LogP contribution in [0.1, 0.15) is 5.82 Å². The Labute approximate surface area is 96.6 Å². The fraction of sp³-hybridized carbons (Fsp3) is 0.375. The van der Waals surface area contributed by atoms with Crippen LogP contribution in [-0.2, 0) is 6.18 Å². The lowest BCUT2D eigenvalue weighted by Gasteiger charge is -2.06. The number of alkyl halides is 5. The van der Waals surface area contributed by atoms with Crippen LogP contribution in [-0.4, -0.2) is 32.8 Å². The van der Waals surface area contributed by atoms with E-state index in [2.05, 4.69) is 20.6 Å². The molecule has 2 rings (SSSR count). The lowest BCUT2D eigenvalue weighted by Crippen LogP contribution is -2.15. The van der Waals surface area contributed by atoms with Crippen molar-refractivity contribution >= 4 is 11.5 Å². The van der Waals surface area contributed by atoms with E-state index < -0.39 is 25.0 Å². The summed E-state index contributed by atoms with van der Waals surface area (Å²) in [6.07, 6.45) is -7.35. The second-order valence-corrected chi connectivity index (χ2v) is 3.28. The molecule has 0 unspecified atom stereocenters. The van der Waals surface area contributed by atoms with Gasteiger partial charge in [0.1, 0.15) is 5.82 Å². The molecule has 1 N–H and O–H groups in total. The SMILES string of the molecule is FC(F)CNc1ccc2nnc(C(F)(F)F)n2n1. The fourth-order valence-corrected chi connectivity index (χ4v) is 1.24. The van der Waals surface area contributed by atoms with Crippen molar-refractivity contribution in [1.82, 2.24) is 19.8 Å². The quantitative estimate of drug-likeness (QED) is 0.862. The predicted molar refractivity (Wildman–Crippen MR) is 50.3 cm³/mol. The Kier molecular flexibility index (Phi) is 3.01. The predicted octanol–water partition coefficient (Wildman–Crippen LogP) is 1.82. The number of nitrogens with one attached hydrogen (secondary N) is 1. The number of fused-ring (bicyclic) bond motifs is 1. The van der Waals surface area contributed by atoms with Crippen LogP contribution in [0.5, 0.6) is 0 Å². The zero-order valence-electron chi connectivity index (χ0n) is 8.62. The minimum Gasteiger partial charge on any atom is -0.363 e. The molecule has 0 bridgehead atoms. The third kappa shape index (κ3) is 2.46. The van der Waals surface area contributed by atoms with Crippen molar-refractivity contribution in [2.24, 2.45) is 0 Å². The molecule has 5 nitrogen and oxygen atoms in total. The number of anilines is 1. The minimum atomic E-state index is -4.71. The van der Waals surface area contributed by atoms with Gasteiger partial charge in [-0.3, -0.25) is 0 Å². The number of halogens is 5. The highest BCUT2D eigenvalue weighted by Crippen LogP contribution is 2.27. The van der Waals surface area contributed by atoms with Gasteiger partial charge in [-0.2, -0.15) is 17.7 Å². The summed E-state index contributed by atoms with van der Waals surface area (Å²) >= 11 is 0. The first kappa shape index (κ1) is 12.5. The Morgan fingerprint density at radius 2 is 1.94 bits per heavy atom. The van der Waals surface area contributed by atoms with Crippen molar-refractivity contribution in [3.63, 3.8) is 0 Å². The van der Waals surface area contributed by atoms with E-state index in [0.717, 1.165) is 0 Å². The van der Waals surface area contributed by atoms with Crippen molar-refractivity contribution < 1.29 is 22.0 Å². The van der Waals surface area contributed by atoms with Gasteiger partial charge in [0.05, 0.1) is 6.54 Å². The average molecular weight is 267 g/mol. The van der Waals surface area contributed by atoms with Crippen LogP contribution in [0.2, 0.25) is 0 Å². The molecule has 0 spiro atoms. The number of nitrogens with zero attached hydrogens (tertiary/aromatic N) is 4. The topological polar surface area (TPSA) is 55.1 Å². The minimum absolute atomic E-state index is 0.117. The van der Waals surface area contributed by atoms with Gasteiger partial charge in [-0.25, -0.2) is 8.78 Å². The maximum atomic E-state index is 12.5. The van der Waals surface area contributed by atoms with Crippen LogP contribution in [0, 0.1) is 0 Å². The van der Waals surface area contributed by atoms with Crippen LogP contribution in [0.15, 0.2) is 12.1 Å². The largest absolute Gasteiger partial charge is 0.453 e. The van der Waals surface area contributed by atoms with Gasteiger partial charge in [-0.05, 0) is 12.1 Å². The standard InChI is InChI=1S/C8H6F5N5/c9-4(10)3-14-5-1-2-6-15-16-7(8(11,12)13)18(6)17-5/h1-2,4H,3H2,(H,14,17). The molecule has 2 heterocycles.